The average molecular weight is 242 g/mol. The molecule has 0 saturated heterocycles. The van der Waals surface area contributed by atoms with E-state index in [2.05, 4.69) is 15.0 Å². The number of rotatable bonds is 1. The van der Waals surface area contributed by atoms with Gasteiger partial charge in [0.1, 0.15) is 5.15 Å². The molecule has 0 bridgehead atoms. The molecule has 3 aromatic heterocycles. The maximum atomic E-state index is 6.04. The van der Waals surface area contributed by atoms with Gasteiger partial charge in [0.15, 0.2) is 0 Å². The van der Waals surface area contributed by atoms with Crippen LogP contribution in [0.5, 0.6) is 0 Å². The van der Waals surface area contributed by atoms with Crippen LogP contribution in [0, 0.1) is 0 Å². The summed E-state index contributed by atoms with van der Waals surface area (Å²) in [4.78, 5) is 12.8. The molecule has 3 nitrogen and oxygen atoms in total. The molecule has 0 aliphatic heterocycles. The Kier molecular flexibility index (Phi) is 2.46. The number of halogens is 1. The van der Waals surface area contributed by atoms with Crippen molar-refractivity contribution >= 4 is 22.6 Å². The second kappa shape index (κ2) is 4.11. The smallest absolute Gasteiger partial charge is 0.138 e. The largest absolute Gasteiger partial charge is 0.255 e. The van der Waals surface area contributed by atoms with Gasteiger partial charge in [0, 0.05) is 18.0 Å². The first-order valence-electron chi connectivity index (χ1n) is 5.17. The molecule has 4 heteroatoms. The van der Waals surface area contributed by atoms with E-state index in [0.717, 1.165) is 22.3 Å². The summed E-state index contributed by atoms with van der Waals surface area (Å²) in [5.41, 5.74) is 3.37. The molecule has 82 valence electrons. The second-order valence-electron chi connectivity index (χ2n) is 3.58. The van der Waals surface area contributed by atoms with Gasteiger partial charge < -0.3 is 0 Å². The highest BCUT2D eigenvalue weighted by Gasteiger charge is 2.06. The summed E-state index contributed by atoms with van der Waals surface area (Å²) in [5.74, 6) is 0. The van der Waals surface area contributed by atoms with Gasteiger partial charge in [-0.05, 0) is 36.4 Å². The number of hydrogen-bond acceptors (Lipinski definition) is 3. The summed E-state index contributed by atoms with van der Waals surface area (Å²) < 4.78 is 0. The van der Waals surface area contributed by atoms with Crippen LogP contribution in [-0.4, -0.2) is 15.0 Å². The Bertz CT molecular complexity index is 682. The van der Waals surface area contributed by atoms with Gasteiger partial charge in [0.05, 0.1) is 16.7 Å². The zero-order valence-corrected chi connectivity index (χ0v) is 9.59. The van der Waals surface area contributed by atoms with Crippen LogP contribution in [0.25, 0.3) is 22.3 Å². The van der Waals surface area contributed by atoms with Crippen LogP contribution in [0.2, 0.25) is 5.15 Å². The fourth-order valence-electron chi connectivity index (χ4n) is 1.68. The number of aromatic nitrogens is 3. The van der Waals surface area contributed by atoms with Crippen molar-refractivity contribution in [2.45, 2.75) is 0 Å². The van der Waals surface area contributed by atoms with Crippen LogP contribution in [-0.2, 0) is 0 Å². The van der Waals surface area contributed by atoms with Gasteiger partial charge in [-0.3, -0.25) is 4.98 Å². The summed E-state index contributed by atoms with van der Waals surface area (Å²) >= 11 is 6.04. The summed E-state index contributed by atoms with van der Waals surface area (Å²) in [6.07, 6.45) is 3.41. The maximum absolute atomic E-state index is 6.04. The number of fused-ring (bicyclic) bond motifs is 1. The Balaban J connectivity index is 2.22. The van der Waals surface area contributed by atoms with Crippen molar-refractivity contribution in [2.75, 3.05) is 0 Å². The number of pyridine rings is 3. The fourth-order valence-corrected chi connectivity index (χ4v) is 1.90. The molecular weight excluding hydrogens is 234 g/mol. The topological polar surface area (TPSA) is 38.7 Å². The highest BCUT2D eigenvalue weighted by atomic mass is 35.5. The van der Waals surface area contributed by atoms with Crippen LogP contribution in [0.1, 0.15) is 0 Å². The summed E-state index contributed by atoms with van der Waals surface area (Å²) in [5, 5.41) is 0.461. The third kappa shape index (κ3) is 1.85. The molecule has 0 radical (unpaired) electrons. The molecule has 0 atom stereocenters. The van der Waals surface area contributed by atoms with Gasteiger partial charge in [0.2, 0.25) is 0 Å². The van der Waals surface area contributed by atoms with Crippen molar-refractivity contribution in [3.05, 3.63) is 53.9 Å². The minimum Gasteiger partial charge on any atom is -0.255 e. The Labute approximate surface area is 103 Å². The normalized spacial score (nSPS) is 10.6. The number of nitrogens with zero attached hydrogens (tertiary/aromatic N) is 3. The Hall–Kier alpha value is -2.00. The van der Waals surface area contributed by atoms with Crippen LogP contribution < -0.4 is 0 Å². The molecule has 3 aromatic rings. The van der Waals surface area contributed by atoms with E-state index in [1.165, 1.54) is 0 Å². The second-order valence-corrected chi connectivity index (χ2v) is 3.94. The van der Waals surface area contributed by atoms with Crippen LogP contribution in [0.4, 0.5) is 0 Å². The van der Waals surface area contributed by atoms with E-state index >= 15 is 0 Å². The van der Waals surface area contributed by atoms with E-state index in [4.69, 9.17) is 11.6 Å². The number of hydrogen-bond donors (Lipinski definition) is 0. The van der Waals surface area contributed by atoms with E-state index in [1.807, 2.05) is 36.4 Å². The Morgan fingerprint density at radius 3 is 2.53 bits per heavy atom. The minimum absolute atomic E-state index is 0.461. The standard InChI is InChI=1S/C13H8ClN3/c14-13-9(3-1-8-16-13)10-5-6-11-12(17-10)4-2-7-15-11/h1-8H. The van der Waals surface area contributed by atoms with Crippen LogP contribution >= 0.6 is 11.6 Å². The SMILES string of the molecule is Clc1ncccc1-c1ccc2ncccc2n1. The third-order valence-electron chi connectivity index (χ3n) is 2.49. The molecule has 3 rings (SSSR count). The lowest BCUT2D eigenvalue weighted by Crippen LogP contribution is -1.88. The monoisotopic (exact) mass is 241 g/mol. The van der Waals surface area contributed by atoms with Gasteiger partial charge in [-0.15, -0.1) is 0 Å². The lowest BCUT2D eigenvalue weighted by atomic mass is 10.2. The molecule has 0 spiro atoms. The minimum atomic E-state index is 0.461. The molecule has 3 heterocycles. The lowest BCUT2D eigenvalue weighted by Gasteiger charge is -2.03. The quantitative estimate of drug-likeness (QED) is 0.614. The van der Waals surface area contributed by atoms with E-state index in [9.17, 15) is 0 Å². The first-order chi connectivity index (χ1) is 8.34. The van der Waals surface area contributed by atoms with E-state index < -0.39 is 0 Å². The lowest BCUT2D eigenvalue weighted by molar-refractivity contribution is 1.29. The zero-order chi connectivity index (χ0) is 11.7. The van der Waals surface area contributed by atoms with Crippen molar-refractivity contribution in [2.24, 2.45) is 0 Å². The fraction of sp³-hybridized carbons (Fsp3) is 0. The third-order valence-corrected chi connectivity index (χ3v) is 2.79. The summed E-state index contributed by atoms with van der Waals surface area (Å²) in [6, 6.07) is 11.4. The molecule has 0 aliphatic carbocycles. The van der Waals surface area contributed by atoms with Gasteiger partial charge in [0.25, 0.3) is 0 Å². The first-order valence-corrected chi connectivity index (χ1v) is 5.55. The van der Waals surface area contributed by atoms with E-state index in [-0.39, 0.29) is 0 Å². The van der Waals surface area contributed by atoms with Gasteiger partial charge in [-0.25, -0.2) is 9.97 Å². The molecule has 0 N–H and O–H groups in total. The van der Waals surface area contributed by atoms with Crippen molar-refractivity contribution < 1.29 is 0 Å². The molecule has 0 unspecified atom stereocenters. The molecule has 0 aliphatic rings. The molecule has 0 amide bonds. The summed E-state index contributed by atoms with van der Waals surface area (Å²) in [7, 11) is 0. The Morgan fingerprint density at radius 1 is 0.824 bits per heavy atom. The predicted molar refractivity (Wildman–Crippen MR) is 67.8 cm³/mol. The molecule has 0 aromatic carbocycles. The van der Waals surface area contributed by atoms with E-state index in [0.29, 0.717) is 5.15 Å². The van der Waals surface area contributed by atoms with Crippen LogP contribution in [0.15, 0.2) is 48.8 Å². The van der Waals surface area contributed by atoms with Gasteiger partial charge >= 0.3 is 0 Å². The molecule has 17 heavy (non-hydrogen) atoms. The summed E-state index contributed by atoms with van der Waals surface area (Å²) in [6.45, 7) is 0. The van der Waals surface area contributed by atoms with Crippen molar-refractivity contribution in [3.63, 3.8) is 0 Å². The first kappa shape index (κ1) is 10.2. The van der Waals surface area contributed by atoms with Crippen molar-refractivity contribution in [1.82, 2.24) is 15.0 Å². The highest BCUT2D eigenvalue weighted by Crippen LogP contribution is 2.25. The van der Waals surface area contributed by atoms with Crippen LogP contribution in [0.3, 0.4) is 0 Å². The maximum Gasteiger partial charge on any atom is 0.138 e. The van der Waals surface area contributed by atoms with E-state index in [1.54, 1.807) is 12.4 Å². The van der Waals surface area contributed by atoms with Gasteiger partial charge in [-0.2, -0.15) is 0 Å². The van der Waals surface area contributed by atoms with Crippen molar-refractivity contribution in [3.8, 4) is 11.3 Å². The predicted octanol–water partition coefficient (Wildman–Crippen LogP) is 3.35. The zero-order valence-electron chi connectivity index (χ0n) is 8.84. The molecular formula is C13H8ClN3. The molecule has 0 saturated carbocycles. The molecule has 0 fully saturated rings. The average Bonchev–Trinajstić information content (AvgIpc) is 2.39. The van der Waals surface area contributed by atoms with Gasteiger partial charge in [-0.1, -0.05) is 11.6 Å². The van der Waals surface area contributed by atoms with Crippen molar-refractivity contribution in [1.29, 1.82) is 0 Å². The highest BCUT2D eigenvalue weighted by molar-refractivity contribution is 6.32. The Morgan fingerprint density at radius 2 is 1.65 bits per heavy atom.